The Balaban J connectivity index is 1.74. The van der Waals surface area contributed by atoms with E-state index in [0.29, 0.717) is 6.54 Å². The highest BCUT2D eigenvalue weighted by molar-refractivity contribution is 7.91. The number of hydrogen-bond donors (Lipinski definition) is 1. The number of carbonyl (C=O) groups excluding carboxylic acids is 1. The Morgan fingerprint density at radius 2 is 1.74 bits per heavy atom. The smallest absolute Gasteiger partial charge is 0.257 e. The molecule has 0 radical (unpaired) electrons. The zero-order valence-electron chi connectivity index (χ0n) is 14.5. The number of anilines is 1. The van der Waals surface area contributed by atoms with Crippen LogP contribution in [0.15, 0.2) is 76.8 Å². The summed E-state index contributed by atoms with van der Waals surface area (Å²) in [5.41, 5.74) is 1.44. The van der Waals surface area contributed by atoms with Crippen molar-refractivity contribution in [3.05, 3.63) is 78.1 Å². The normalized spacial score (nSPS) is 14.5. The number of amides is 1. The lowest BCUT2D eigenvalue weighted by Crippen LogP contribution is -2.34. The SMILES string of the molecule is COc1ccc(C[n+]2ccc3c(c2)NC(=O)c2ccccc2S3(=O)=O)cc1. The third kappa shape index (κ3) is 3.06. The van der Waals surface area contributed by atoms with Crippen molar-refractivity contribution in [1.29, 1.82) is 0 Å². The first-order chi connectivity index (χ1) is 13.0. The molecule has 0 unspecified atom stereocenters. The largest absolute Gasteiger partial charge is 0.497 e. The molecular formula is C20H17N2O4S+. The minimum atomic E-state index is -3.78. The van der Waals surface area contributed by atoms with E-state index in [0.717, 1.165) is 11.3 Å². The molecule has 1 amide bonds. The molecule has 1 aliphatic rings. The van der Waals surface area contributed by atoms with Crippen molar-refractivity contribution >= 4 is 21.4 Å². The van der Waals surface area contributed by atoms with Crippen LogP contribution in [0, 0.1) is 0 Å². The number of benzene rings is 2. The molecule has 1 N–H and O–H groups in total. The molecule has 2 aromatic carbocycles. The number of pyridine rings is 1. The Labute approximate surface area is 157 Å². The van der Waals surface area contributed by atoms with Gasteiger partial charge >= 0.3 is 0 Å². The molecule has 0 saturated carbocycles. The van der Waals surface area contributed by atoms with Gasteiger partial charge in [0.2, 0.25) is 9.84 Å². The molecule has 27 heavy (non-hydrogen) atoms. The summed E-state index contributed by atoms with van der Waals surface area (Å²) in [5, 5.41) is 2.72. The molecule has 0 fully saturated rings. The van der Waals surface area contributed by atoms with Gasteiger partial charge in [-0.25, -0.2) is 8.42 Å². The van der Waals surface area contributed by atoms with Crippen LogP contribution >= 0.6 is 0 Å². The van der Waals surface area contributed by atoms with Gasteiger partial charge in [0.05, 0.1) is 17.6 Å². The van der Waals surface area contributed by atoms with E-state index in [1.54, 1.807) is 31.6 Å². The lowest BCUT2D eigenvalue weighted by Gasteiger charge is -2.06. The van der Waals surface area contributed by atoms with Crippen LogP contribution in [0.25, 0.3) is 0 Å². The van der Waals surface area contributed by atoms with Crippen molar-refractivity contribution in [2.45, 2.75) is 16.3 Å². The van der Waals surface area contributed by atoms with Gasteiger partial charge < -0.3 is 10.1 Å². The van der Waals surface area contributed by atoms with Crippen LogP contribution in [0.1, 0.15) is 15.9 Å². The Bertz CT molecular complexity index is 1140. The van der Waals surface area contributed by atoms with Gasteiger partial charge in [0.25, 0.3) is 5.91 Å². The van der Waals surface area contributed by atoms with Gasteiger partial charge in [-0.1, -0.05) is 12.1 Å². The molecule has 3 aromatic rings. The quantitative estimate of drug-likeness (QED) is 0.707. The summed E-state index contributed by atoms with van der Waals surface area (Å²) < 4.78 is 32.9. The van der Waals surface area contributed by atoms with Gasteiger partial charge in [0.15, 0.2) is 18.9 Å². The molecule has 0 spiro atoms. The van der Waals surface area contributed by atoms with Gasteiger partial charge in [-0.2, -0.15) is 4.57 Å². The molecule has 7 heteroatoms. The molecule has 4 rings (SSSR count). The van der Waals surface area contributed by atoms with E-state index >= 15 is 0 Å². The highest BCUT2D eigenvalue weighted by Gasteiger charge is 2.32. The second kappa shape index (κ2) is 6.51. The average molecular weight is 381 g/mol. The molecule has 0 atom stereocenters. The number of methoxy groups -OCH3 is 1. The van der Waals surface area contributed by atoms with E-state index < -0.39 is 15.7 Å². The van der Waals surface area contributed by atoms with E-state index in [9.17, 15) is 13.2 Å². The van der Waals surface area contributed by atoms with Crippen LogP contribution in [0.4, 0.5) is 5.69 Å². The van der Waals surface area contributed by atoms with Crippen LogP contribution in [0.5, 0.6) is 5.75 Å². The second-order valence-corrected chi connectivity index (χ2v) is 8.08. The van der Waals surface area contributed by atoms with Crippen LogP contribution in [-0.4, -0.2) is 21.4 Å². The predicted molar refractivity (Wildman–Crippen MR) is 98.6 cm³/mol. The summed E-state index contributed by atoms with van der Waals surface area (Å²) in [6, 6.07) is 15.3. The van der Waals surface area contributed by atoms with Crippen molar-refractivity contribution in [3.8, 4) is 5.75 Å². The molecule has 1 aliphatic heterocycles. The summed E-state index contributed by atoms with van der Waals surface area (Å²) in [5.74, 6) is 0.330. The molecule has 6 nitrogen and oxygen atoms in total. The topological polar surface area (TPSA) is 76.3 Å². The van der Waals surface area contributed by atoms with Crippen molar-refractivity contribution in [2.24, 2.45) is 0 Å². The molecule has 2 heterocycles. The maximum atomic E-state index is 13.0. The monoisotopic (exact) mass is 381 g/mol. The van der Waals surface area contributed by atoms with Crippen LogP contribution in [0.2, 0.25) is 0 Å². The number of carbonyl (C=O) groups is 1. The number of rotatable bonds is 3. The molecular weight excluding hydrogens is 364 g/mol. The number of fused-ring (bicyclic) bond motifs is 2. The Morgan fingerprint density at radius 3 is 2.48 bits per heavy atom. The van der Waals surface area contributed by atoms with Crippen LogP contribution in [-0.2, 0) is 16.4 Å². The van der Waals surface area contributed by atoms with Crippen molar-refractivity contribution in [3.63, 3.8) is 0 Å². The predicted octanol–water partition coefficient (Wildman–Crippen LogP) is 2.43. The fourth-order valence-corrected chi connectivity index (χ4v) is 4.67. The van der Waals surface area contributed by atoms with Crippen molar-refractivity contribution < 1.29 is 22.5 Å². The Morgan fingerprint density at radius 1 is 1.00 bits per heavy atom. The molecule has 136 valence electrons. The van der Waals surface area contributed by atoms with Gasteiger partial charge in [0, 0.05) is 11.6 Å². The third-order valence-electron chi connectivity index (χ3n) is 4.46. The first-order valence-corrected chi connectivity index (χ1v) is 9.79. The highest BCUT2D eigenvalue weighted by atomic mass is 32.2. The van der Waals surface area contributed by atoms with Crippen molar-refractivity contribution in [2.75, 3.05) is 12.4 Å². The fourth-order valence-electron chi connectivity index (χ4n) is 3.09. The molecule has 0 saturated heterocycles. The summed E-state index contributed by atoms with van der Waals surface area (Å²) in [6.07, 6.45) is 3.33. The Hall–Kier alpha value is -3.19. The van der Waals surface area contributed by atoms with Gasteiger partial charge in [-0.05, 0) is 36.4 Å². The van der Waals surface area contributed by atoms with Crippen LogP contribution in [0.3, 0.4) is 0 Å². The number of nitrogens with zero attached hydrogens (tertiary/aromatic N) is 1. The van der Waals surface area contributed by atoms with Gasteiger partial charge in [-0.3, -0.25) is 4.79 Å². The maximum Gasteiger partial charge on any atom is 0.257 e. The summed E-state index contributed by atoms with van der Waals surface area (Å²) in [4.78, 5) is 12.6. The standard InChI is InChI=1S/C20H16N2O4S/c1-26-15-8-6-14(7-9-15)12-22-11-10-19-17(13-22)21-20(23)16-4-2-3-5-18(16)27(19,24)25/h2-11,13H,12H2,1H3/p+1. The third-order valence-corrected chi connectivity index (χ3v) is 6.33. The first kappa shape index (κ1) is 17.2. The average Bonchev–Trinajstić information content (AvgIpc) is 2.76. The summed E-state index contributed by atoms with van der Waals surface area (Å²) >= 11 is 0. The minimum Gasteiger partial charge on any atom is -0.497 e. The highest BCUT2D eigenvalue weighted by Crippen LogP contribution is 2.32. The second-order valence-electron chi connectivity index (χ2n) is 6.20. The summed E-state index contributed by atoms with van der Waals surface area (Å²) in [6.45, 7) is 0.528. The minimum absolute atomic E-state index is 0.0224. The van der Waals surface area contributed by atoms with E-state index in [1.807, 2.05) is 28.8 Å². The molecule has 0 bridgehead atoms. The molecule has 0 aliphatic carbocycles. The zero-order valence-corrected chi connectivity index (χ0v) is 15.4. The lowest BCUT2D eigenvalue weighted by atomic mass is 10.2. The number of sulfone groups is 1. The van der Waals surface area contributed by atoms with E-state index in [2.05, 4.69) is 5.32 Å². The first-order valence-electron chi connectivity index (χ1n) is 8.30. The maximum absolute atomic E-state index is 13.0. The van der Waals surface area contributed by atoms with Crippen LogP contribution < -0.4 is 14.6 Å². The van der Waals surface area contributed by atoms with E-state index in [-0.39, 0.29) is 21.0 Å². The Kier molecular flexibility index (Phi) is 4.16. The van der Waals surface area contributed by atoms with Crippen molar-refractivity contribution in [1.82, 2.24) is 0 Å². The number of hydrogen-bond acceptors (Lipinski definition) is 4. The zero-order chi connectivity index (χ0) is 19.0. The van der Waals surface area contributed by atoms with E-state index in [1.165, 1.54) is 18.2 Å². The number of ether oxygens (including phenoxy) is 1. The van der Waals surface area contributed by atoms with E-state index in [4.69, 9.17) is 4.74 Å². The number of aromatic nitrogens is 1. The number of nitrogens with one attached hydrogen (secondary N) is 1. The lowest BCUT2D eigenvalue weighted by molar-refractivity contribution is -0.688. The van der Waals surface area contributed by atoms with Gasteiger partial charge in [0.1, 0.15) is 16.3 Å². The fraction of sp³-hybridized carbons (Fsp3) is 0.100. The molecule has 1 aromatic heterocycles. The summed E-state index contributed by atoms with van der Waals surface area (Å²) in [7, 11) is -2.17. The van der Waals surface area contributed by atoms with Gasteiger partial charge in [-0.15, -0.1) is 0 Å².